The molecule has 2 nitrogen and oxygen atoms in total. The van der Waals surface area contributed by atoms with Gasteiger partial charge in [-0.15, -0.1) is 24.8 Å². The van der Waals surface area contributed by atoms with Crippen molar-refractivity contribution in [3.63, 3.8) is 0 Å². The van der Waals surface area contributed by atoms with E-state index in [0.717, 1.165) is 31.7 Å². The van der Waals surface area contributed by atoms with Crippen molar-refractivity contribution in [1.82, 2.24) is 10.2 Å². The Morgan fingerprint density at radius 2 is 1.77 bits per heavy atom. The first-order valence-corrected chi connectivity index (χ1v) is 8.03. The molecule has 0 spiro atoms. The number of piperazine rings is 1. The van der Waals surface area contributed by atoms with E-state index in [1.54, 1.807) is 12.1 Å². The van der Waals surface area contributed by atoms with Crippen LogP contribution in [0.2, 0.25) is 5.02 Å². The number of nitrogens with zero attached hydrogens (tertiary/aromatic N) is 1. The first-order chi connectivity index (χ1) is 9.75. The van der Waals surface area contributed by atoms with Gasteiger partial charge in [0, 0.05) is 32.2 Å². The van der Waals surface area contributed by atoms with Crippen LogP contribution in [0, 0.1) is 11.7 Å². The summed E-state index contributed by atoms with van der Waals surface area (Å²) in [4.78, 5) is 2.52. The highest BCUT2D eigenvalue weighted by molar-refractivity contribution is 6.30. The second kappa shape index (κ2) is 9.29. The van der Waals surface area contributed by atoms with Crippen LogP contribution < -0.4 is 5.32 Å². The van der Waals surface area contributed by atoms with Crippen molar-refractivity contribution < 1.29 is 4.39 Å². The summed E-state index contributed by atoms with van der Waals surface area (Å²) < 4.78 is 13.8. The Bertz CT molecular complexity index is 461. The van der Waals surface area contributed by atoms with Crippen LogP contribution in [0.3, 0.4) is 0 Å². The van der Waals surface area contributed by atoms with Crippen molar-refractivity contribution >= 4 is 36.4 Å². The minimum absolute atomic E-state index is 0. The van der Waals surface area contributed by atoms with Gasteiger partial charge in [-0.3, -0.25) is 4.90 Å². The van der Waals surface area contributed by atoms with Crippen LogP contribution in [-0.4, -0.2) is 31.1 Å². The van der Waals surface area contributed by atoms with Gasteiger partial charge in [-0.2, -0.15) is 0 Å². The summed E-state index contributed by atoms with van der Waals surface area (Å²) in [5.74, 6) is 0.371. The summed E-state index contributed by atoms with van der Waals surface area (Å²) in [6.45, 7) is 4.15. The summed E-state index contributed by atoms with van der Waals surface area (Å²) >= 11 is 5.83. The van der Waals surface area contributed by atoms with E-state index >= 15 is 0 Å². The zero-order valence-electron chi connectivity index (χ0n) is 12.6. The average Bonchev–Trinajstić information content (AvgIpc) is 2.98. The number of hydrogen-bond donors (Lipinski definition) is 1. The van der Waals surface area contributed by atoms with Crippen LogP contribution in [0.1, 0.15) is 37.3 Å². The molecule has 1 saturated heterocycles. The minimum atomic E-state index is -0.290. The monoisotopic (exact) mass is 368 g/mol. The maximum atomic E-state index is 13.8. The molecule has 0 bridgehead atoms. The molecule has 2 aliphatic rings. The number of nitrogens with one attached hydrogen (secondary N) is 1. The number of halogens is 4. The first-order valence-electron chi connectivity index (χ1n) is 7.65. The smallest absolute Gasteiger partial charge is 0.142 e. The van der Waals surface area contributed by atoms with Gasteiger partial charge in [0.25, 0.3) is 0 Å². The molecule has 1 heterocycles. The van der Waals surface area contributed by atoms with E-state index < -0.39 is 0 Å². The fourth-order valence-corrected chi connectivity index (χ4v) is 3.83. The second-order valence-electron chi connectivity index (χ2n) is 5.95. The van der Waals surface area contributed by atoms with Gasteiger partial charge in [-0.25, -0.2) is 4.39 Å². The SMILES string of the molecule is Cl.Cl.Fc1cc([C@@H](C2CCCC2)N2CCNCC2)ccc1Cl. The van der Waals surface area contributed by atoms with Crippen LogP contribution in [0.4, 0.5) is 4.39 Å². The Balaban J connectivity index is 0.00000121. The first kappa shape index (κ1) is 20.0. The van der Waals surface area contributed by atoms with Crippen molar-refractivity contribution in [3.8, 4) is 0 Å². The molecule has 0 unspecified atom stereocenters. The minimum Gasteiger partial charge on any atom is -0.314 e. The van der Waals surface area contributed by atoms with Gasteiger partial charge in [-0.05, 0) is 36.5 Å². The summed E-state index contributed by atoms with van der Waals surface area (Å²) in [6, 6.07) is 5.71. The molecule has 126 valence electrons. The Hall–Kier alpha value is -0.0600. The summed E-state index contributed by atoms with van der Waals surface area (Å²) in [5.41, 5.74) is 1.10. The van der Waals surface area contributed by atoms with Crippen LogP contribution in [0.25, 0.3) is 0 Å². The molecule has 1 aliphatic heterocycles. The van der Waals surface area contributed by atoms with E-state index in [-0.39, 0.29) is 35.7 Å². The van der Waals surface area contributed by atoms with E-state index in [9.17, 15) is 4.39 Å². The van der Waals surface area contributed by atoms with Gasteiger partial charge in [0.1, 0.15) is 5.82 Å². The standard InChI is InChI=1S/C16H22ClFN2.2ClH/c17-14-6-5-13(11-15(14)18)16(12-3-1-2-4-12)20-9-7-19-8-10-20;;/h5-6,11-12,16,19H,1-4,7-10H2;2*1H/t16-;;/m1../s1. The third-order valence-corrected chi connectivity index (χ3v) is 4.98. The van der Waals surface area contributed by atoms with Gasteiger partial charge in [-0.1, -0.05) is 30.5 Å². The summed E-state index contributed by atoms with van der Waals surface area (Å²) in [7, 11) is 0. The fourth-order valence-electron chi connectivity index (χ4n) is 3.71. The van der Waals surface area contributed by atoms with Crippen molar-refractivity contribution in [1.29, 1.82) is 0 Å². The normalized spacial score (nSPS) is 21.0. The maximum Gasteiger partial charge on any atom is 0.142 e. The van der Waals surface area contributed by atoms with Crippen LogP contribution in [0.15, 0.2) is 18.2 Å². The molecule has 0 amide bonds. The maximum absolute atomic E-state index is 13.8. The molecule has 1 aliphatic carbocycles. The summed E-state index contributed by atoms with van der Waals surface area (Å²) in [5, 5.41) is 3.62. The molecule has 1 N–H and O–H groups in total. The summed E-state index contributed by atoms with van der Waals surface area (Å²) in [6.07, 6.45) is 5.14. The lowest BCUT2D eigenvalue weighted by molar-refractivity contribution is 0.125. The molecule has 1 aromatic rings. The molecule has 22 heavy (non-hydrogen) atoms. The predicted octanol–water partition coefficient (Wildman–Crippen LogP) is 4.46. The van der Waals surface area contributed by atoms with Gasteiger partial charge in [0.05, 0.1) is 5.02 Å². The largest absolute Gasteiger partial charge is 0.314 e. The highest BCUT2D eigenvalue weighted by Crippen LogP contribution is 2.40. The van der Waals surface area contributed by atoms with Crippen molar-refractivity contribution in [2.24, 2.45) is 5.92 Å². The van der Waals surface area contributed by atoms with Gasteiger partial charge < -0.3 is 5.32 Å². The number of benzene rings is 1. The van der Waals surface area contributed by atoms with Crippen LogP contribution >= 0.6 is 36.4 Å². The van der Waals surface area contributed by atoms with Gasteiger partial charge in [0.2, 0.25) is 0 Å². The molecule has 1 atom stereocenters. The molecule has 1 aromatic carbocycles. The third-order valence-electron chi connectivity index (χ3n) is 4.68. The van der Waals surface area contributed by atoms with Crippen molar-refractivity contribution in [3.05, 3.63) is 34.6 Å². The van der Waals surface area contributed by atoms with E-state index in [4.69, 9.17) is 11.6 Å². The lowest BCUT2D eigenvalue weighted by atomic mass is 9.89. The Morgan fingerprint density at radius 1 is 1.14 bits per heavy atom. The molecule has 1 saturated carbocycles. The molecular formula is C16H24Cl3FN2. The molecule has 0 radical (unpaired) electrons. The Labute approximate surface area is 149 Å². The van der Waals surface area contributed by atoms with Crippen LogP contribution in [-0.2, 0) is 0 Å². The molecule has 3 rings (SSSR count). The van der Waals surface area contributed by atoms with Gasteiger partial charge >= 0.3 is 0 Å². The predicted molar refractivity (Wildman–Crippen MR) is 95.0 cm³/mol. The van der Waals surface area contributed by atoms with E-state index in [1.807, 2.05) is 6.07 Å². The zero-order valence-corrected chi connectivity index (χ0v) is 15.0. The fraction of sp³-hybridized carbons (Fsp3) is 0.625. The molecule has 2 fully saturated rings. The van der Waals surface area contributed by atoms with E-state index in [2.05, 4.69) is 10.2 Å². The highest BCUT2D eigenvalue weighted by Gasteiger charge is 2.32. The quantitative estimate of drug-likeness (QED) is 0.846. The molecule has 6 heteroatoms. The van der Waals surface area contributed by atoms with Crippen LogP contribution in [0.5, 0.6) is 0 Å². The zero-order chi connectivity index (χ0) is 13.9. The molecule has 0 aromatic heterocycles. The van der Waals surface area contributed by atoms with E-state index in [0.29, 0.717) is 12.0 Å². The van der Waals surface area contributed by atoms with Gasteiger partial charge in [0.15, 0.2) is 0 Å². The molecular weight excluding hydrogens is 346 g/mol. The Kier molecular flexibility index (Phi) is 8.44. The van der Waals surface area contributed by atoms with Crippen molar-refractivity contribution in [2.75, 3.05) is 26.2 Å². The average molecular weight is 370 g/mol. The lowest BCUT2D eigenvalue weighted by Gasteiger charge is -2.38. The van der Waals surface area contributed by atoms with Crippen molar-refractivity contribution in [2.45, 2.75) is 31.7 Å². The number of hydrogen-bond acceptors (Lipinski definition) is 2. The van der Waals surface area contributed by atoms with E-state index in [1.165, 1.54) is 25.7 Å². The third kappa shape index (κ3) is 4.48. The lowest BCUT2D eigenvalue weighted by Crippen LogP contribution is -2.46. The topological polar surface area (TPSA) is 15.3 Å². The Morgan fingerprint density at radius 3 is 2.36 bits per heavy atom. The second-order valence-corrected chi connectivity index (χ2v) is 6.36. The highest BCUT2D eigenvalue weighted by atomic mass is 35.5. The number of rotatable bonds is 3.